The van der Waals surface area contributed by atoms with Crippen molar-refractivity contribution in [3.63, 3.8) is 0 Å². The summed E-state index contributed by atoms with van der Waals surface area (Å²) in [6, 6.07) is 28.2. The van der Waals surface area contributed by atoms with Gasteiger partial charge in [0.25, 0.3) is 0 Å². The van der Waals surface area contributed by atoms with Gasteiger partial charge >= 0.3 is 5.97 Å². The number of carboxylic acids is 1. The van der Waals surface area contributed by atoms with Gasteiger partial charge in [0.05, 0.1) is 12.2 Å². The molecule has 1 fully saturated rings. The maximum atomic E-state index is 11.0. The van der Waals surface area contributed by atoms with Crippen LogP contribution in [0.5, 0.6) is 0 Å². The van der Waals surface area contributed by atoms with E-state index in [0.29, 0.717) is 11.5 Å². The fraction of sp³-hybridized carbons (Fsp3) is 0.321. The molecule has 3 aromatic carbocycles. The topological polar surface area (TPSA) is 49.8 Å². The zero-order valence-electron chi connectivity index (χ0n) is 18.4. The Morgan fingerprint density at radius 3 is 1.97 bits per heavy atom. The molecule has 0 amide bonds. The highest BCUT2D eigenvalue weighted by molar-refractivity contribution is 5.87. The Labute approximate surface area is 190 Å². The molecule has 0 unspecified atom stereocenters. The number of carboxylic acid groups (broad SMARTS) is 1. The van der Waals surface area contributed by atoms with Crippen molar-refractivity contribution in [2.24, 2.45) is 5.92 Å². The summed E-state index contributed by atoms with van der Waals surface area (Å²) in [5, 5.41) is 9.02. The summed E-state index contributed by atoms with van der Waals surface area (Å²) in [4.78, 5) is 13.5. The molecule has 0 spiro atoms. The van der Waals surface area contributed by atoms with Crippen LogP contribution in [0.15, 0.2) is 84.9 Å². The third kappa shape index (κ3) is 6.06. The molecule has 3 aromatic rings. The largest absolute Gasteiger partial charge is 0.478 e. The van der Waals surface area contributed by atoms with Crippen LogP contribution in [0.2, 0.25) is 0 Å². The summed E-state index contributed by atoms with van der Waals surface area (Å²) < 4.78 is 6.48. The molecule has 0 radical (unpaired) electrons. The van der Waals surface area contributed by atoms with Gasteiger partial charge in [0, 0.05) is 6.54 Å². The number of ether oxygens (including phenoxy) is 1. The average Bonchev–Trinajstić information content (AvgIpc) is 2.85. The first-order valence-corrected chi connectivity index (χ1v) is 11.4. The molecule has 1 aliphatic heterocycles. The minimum absolute atomic E-state index is 0.0239. The zero-order valence-corrected chi connectivity index (χ0v) is 18.4. The average molecular weight is 430 g/mol. The molecule has 0 aliphatic carbocycles. The lowest BCUT2D eigenvalue weighted by Gasteiger charge is -2.32. The maximum Gasteiger partial charge on any atom is 0.335 e. The van der Waals surface area contributed by atoms with E-state index in [-0.39, 0.29) is 6.10 Å². The minimum atomic E-state index is -0.873. The molecule has 32 heavy (non-hydrogen) atoms. The van der Waals surface area contributed by atoms with Crippen LogP contribution in [0.4, 0.5) is 0 Å². The summed E-state index contributed by atoms with van der Waals surface area (Å²) >= 11 is 0. The van der Waals surface area contributed by atoms with Gasteiger partial charge in [-0.25, -0.2) is 4.79 Å². The number of aromatic carboxylic acids is 1. The van der Waals surface area contributed by atoms with Gasteiger partial charge in [-0.05, 0) is 67.1 Å². The van der Waals surface area contributed by atoms with Crippen molar-refractivity contribution in [2.45, 2.75) is 25.4 Å². The lowest BCUT2D eigenvalue weighted by Crippen LogP contribution is -2.36. The van der Waals surface area contributed by atoms with Gasteiger partial charge in [-0.15, -0.1) is 0 Å². The number of hydrogen-bond acceptors (Lipinski definition) is 3. The van der Waals surface area contributed by atoms with Crippen LogP contribution in [0.3, 0.4) is 0 Å². The summed E-state index contributed by atoms with van der Waals surface area (Å²) in [5.74, 6) is -0.293. The normalized spacial score (nSPS) is 15.2. The molecular weight excluding hydrogens is 398 g/mol. The Kier molecular flexibility index (Phi) is 7.70. The van der Waals surface area contributed by atoms with Crippen molar-refractivity contribution in [1.82, 2.24) is 4.90 Å². The van der Waals surface area contributed by atoms with Gasteiger partial charge in [-0.2, -0.15) is 0 Å². The summed E-state index contributed by atoms with van der Waals surface area (Å²) in [5.41, 5.74) is 3.93. The molecule has 166 valence electrons. The lowest BCUT2D eigenvalue weighted by atomic mass is 9.96. The lowest BCUT2D eigenvalue weighted by molar-refractivity contribution is 0.0311. The number of benzene rings is 3. The van der Waals surface area contributed by atoms with E-state index >= 15 is 0 Å². The molecular formula is C28H31NO3. The van der Waals surface area contributed by atoms with Gasteiger partial charge in [0.15, 0.2) is 0 Å². The highest BCUT2D eigenvalue weighted by Gasteiger charge is 2.22. The van der Waals surface area contributed by atoms with E-state index in [1.165, 1.54) is 16.7 Å². The van der Waals surface area contributed by atoms with Crippen LogP contribution in [0.1, 0.15) is 46.0 Å². The molecule has 0 aromatic heterocycles. The third-order valence-corrected chi connectivity index (χ3v) is 6.33. The fourth-order valence-electron chi connectivity index (χ4n) is 4.35. The molecule has 0 atom stereocenters. The number of carbonyl (C=O) groups is 1. The van der Waals surface area contributed by atoms with Crippen molar-refractivity contribution in [1.29, 1.82) is 0 Å². The van der Waals surface area contributed by atoms with Gasteiger partial charge in [-0.1, -0.05) is 72.8 Å². The second-order valence-corrected chi connectivity index (χ2v) is 8.57. The molecule has 1 N–H and O–H groups in total. The van der Waals surface area contributed by atoms with Gasteiger partial charge < -0.3 is 14.7 Å². The number of rotatable bonds is 9. The maximum absolute atomic E-state index is 11.0. The van der Waals surface area contributed by atoms with Gasteiger partial charge in [-0.3, -0.25) is 0 Å². The summed E-state index contributed by atoms with van der Waals surface area (Å²) in [6.07, 6.45) is 3.22. The Balaban J connectivity index is 1.25. The van der Waals surface area contributed by atoms with E-state index in [4.69, 9.17) is 9.84 Å². The van der Waals surface area contributed by atoms with Crippen molar-refractivity contribution >= 4 is 5.97 Å². The molecule has 1 heterocycles. The van der Waals surface area contributed by atoms with Crippen molar-refractivity contribution in [3.05, 3.63) is 107 Å². The Morgan fingerprint density at radius 1 is 0.875 bits per heavy atom. The monoisotopic (exact) mass is 429 g/mol. The van der Waals surface area contributed by atoms with E-state index in [1.54, 1.807) is 12.1 Å². The number of nitrogens with zero attached hydrogens (tertiary/aromatic N) is 1. The second-order valence-electron chi connectivity index (χ2n) is 8.57. The smallest absolute Gasteiger partial charge is 0.335 e. The van der Waals surface area contributed by atoms with Gasteiger partial charge in [0.2, 0.25) is 0 Å². The predicted molar refractivity (Wildman–Crippen MR) is 127 cm³/mol. The van der Waals surface area contributed by atoms with Gasteiger partial charge in [0.1, 0.15) is 6.10 Å². The van der Waals surface area contributed by atoms with Crippen LogP contribution in [-0.2, 0) is 11.2 Å². The number of piperidine rings is 1. The molecule has 1 aliphatic rings. The molecule has 1 saturated heterocycles. The highest BCUT2D eigenvalue weighted by atomic mass is 16.5. The van der Waals surface area contributed by atoms with Crippen LogP contribution < -0.4 is 0 Å². The molecule has 0 bridgehead atoms. The first-order valence-electron chi connectivity index (χ1n) is 11.4. The quantitative estimate of drug-likeness (QED) is 0.492. The Bertz CT molecular complexity index is 925. The van der Waals surface area contributed by atoms with Crippen molar-refractivity contribution < 1.29 is 14.6 Å². The van der Waals surface area contributed by atoms with Crippen LogP contribution in [-0.4, -0.2) is 42.2 Å². The Hall–Kier alpha value is -2.95. The summed E-state index contributed by atoms with van der Waals surface area (Å²) in [7, 11) is 0. The fourth-order valence-corrected chi connectivity index (χ4v) is 4.35. The Morgan fingerprint density at radius 2 is 1.44 bits per heavy atom. The molecule has 4 nitrogen and oxygen atoms in total. The van der Waals surface area contributed by atoms with Crippen LogP contribution >= 0.6 is 0 Å². The van der Waals surface area contributed by atoms with Crippen molar-refractivity contribution in [3.8, 4) is 0 Å². The van der Waals surface area contributed by atoms with E-state index < -0.39 is 5.97 Å². The molecule has 0 saturated carbocycles. The van der Waals surface area contributed by atoms with E-state index in [0.717, 1.165) is 45.5 Å². The zero-order chi connectivity index (χ0) is 22.2. The molecule has 4 rings (SSSR count). The van der Waals surface area contributed by atoms with Crippen LogP contribution in [0.25, 0.3) is 0 Å². The predicted octanol–water partition coefficient (Wildman–Crippen LogP) is 5.45. The summed E-state index contributed by atoms with van der Waals surface area (Å²) in [6.45, 7) is 3.96. The van der Waals surface area contributed by atoms with Crippen LogP contribution in [0, 0.1) is 5.92 Å². The third-order valence-electron chi connectivity index (χ3n) is 6.33. The molecule has 4 heteroatoms. The highest BCUT2D eigenvalue weighted by Crippen LogP contribution is 2.28. The number of hydrogen-bond donors (Lipinski definition) is 1. The second kappa shape index (κ2) is 11.1. The van der Waals surface area contributed by atoms with E-state index in [2.05, 4.69) is 53.4 Å². The minimum Gasteiger partial charge on any atom is -0.478 e. The first-order chi connectivity index (χ1) is 15.7. The van der Waals surface area contributed by atoms with E-state index in [1.807, 2.05) is 24.3 Å². The first kappa shape index (κ1) is 22.3. The standard InChI is InChI=1S/C28H31NO3/c30-28(31)26-13-11-22(12-14-26)15-18-29-19-16-23(17-20-29)21-32-27(24-7-3-1-4-8-24)25-9-5-2-6-10-25/h1-14,23,27H,15-21H2,(H,30,31). The number of likely N-dealkylation sites (tertiary alicyclic amines) is 1. The van der Waals surface area contributed by atoms with Crippen molar-refractivity contribution in [2.75, 3.05) is 26.2 Å². The van der Waals surface area contributed by atoms with E-state index in [9.17, 15) is 4.79 Å². The SMILES string of the molecule is O=C(O)c1ccc(CCN2CCC(COC(c3ccccc3)c3ccccc3)CC2)cc1.